The van der Waals surface area contributed by atoms with Crippen LogP contribution in [0, 0.1) is 10.1 Å². The molecule has 1 aromatic rings. The summed E-state index contributed by atoms with van der Waals surface area (Å²) in [5.74, 6) is -0.218. The zero-order valence-electron chi connectivity index (χ0n) is 12.0. The third-order valence-electron chi connectivity index (χ3n) is 3.45. The molecule has 0 aliphatic carbocycles. The lowest BCUT2D eigenvalue weighted by Crippen LogP contribution is -2.64. The predicted octanol–water partition coefficient (Wildman–Crippen LogP) is 0.658. The van der Waals surface area contributed by atoms with Crippen LogP contribution >= 0.6 is 11.6 Å². The number of hydrogen-bond acceptors (Lipinski definition) is 8. The lowest BCUT2D eigenvalue weighted by Gasteiger charge is -2.44. The molecule has 2 rings (SSSR count). The molecule has 0 aromatic heterocycles. The number of alkyl halides is 1. The van der Waals surface area contributed by atoms with Gasteiger partial charge in [-0.25, -0.2) is 0 Å². The minimum Gasteiger partial charge on any atom is -0.478 e. The monoisotopic (exact) mass is 360 g/mol. The van der Waals surface area contributed by atoms with Crippen molar-refractivity contribution in [2.24, 2.45) is 5.11 Å². The Balaban J connectivity index is 2.39. The van der Waals surface area contributed by atoms with Gasteiger partial charge in [0.15, 0.2) is 18.1 Å². The van der Waals surface area contributed by atoms with Gasteiger partial charge in [-0.3, -0.25) is 10.1 Å². The van der Waals surface area contributed by atoms with E-state index in [2.05, 4.69) is 10.0 Å². The molecule has 0 saturated carbocycles. The number of benzene rings is 1. The number of para-hydroxylation sites is 2. The maximum atomic E-state index is 11.0. The van der Waals surface area contributed by atoms with Gasteiger partial charge in [0.2, 0.25) is 5.00 Å². The summed E-state index contributed by atoms with van der Waals surface area (Å²) in [5.41, 5.74) is 8.16. The Morgan fingerprint density at radius 2 is 2.17 bits per heavy atom. The van der Waals surface area contributed by atoms with E-state index in [0.717, 1.165) is 0 Å². The number of halogens is 1. The molecule has 0 bridgehead atoms. The second-order valence-corrected chi connectivity index (χ2v) is 5.48. The van der Waals surface area contributed by atoms with Crippen LogP contribution in [0.1, 0.15) is 0 Å². The van der Waals surface area contributed by atoms with Gasteiger partial charge >= 0.3 is 5.69 Å². The number of hydrogen-bond donors (Lipinski definition) is 3. The molecule has 1 aliphatic rings. The number of nitrogens with zero attached hydrogens (tertiary/aromatic N) is 4. The van der Waals surface area contributed by atoms with Crippen molar-refractivity contribution in [2.45, 2.75) is 29.6 Å². The summed E-state index contributed by atoms with van der Waals surface area (Å²) in [7, 11) is 0. The molecule has 0 spiro atoms. The average Bonchev–Trinajstić information content (AvgIpc) is 2.56. The third kappa shape index (κ3) is 3.22. The minimum absolute atomic E-state index is 0.218. The lowest BCUT2D eigenvalue weighted by molar-refractivity contribution is -0.386. The van der Waals surface area contributed by atoms with Crippen molar-refractivity contribution in [3.8, 4) is 5.75 Å². The van der Waals surface area contributed by atoms with E-state index in [0.29, 0.717) is 0 Å². The van der Waals surface area contributed by atoms with E-state index in [9.17, 15) is 25.4 Å². The number of azide groups is 1. The number of nitro benzene ring substituents is 1. The summed E-state index contributed by atoms with van der Waals surface area (Å²) in [6.07, 6.45) is -6.46. The first-order valence-electron chi connectivity index (χ1n) is 6.62. The highest BCUT2D eigenvalue weighted by atomic mass is 35.5. The topological polar surface area (TPSA) is 171 Å². The highest BCUT2D eigenvalue weighted by Gasteiger charge is 2.56. The second kappa shape index (κ2) is 7.18. The normalized spacial score (nSPS) is 32.7. The second-order valence-electron chi connectivity index (χ2n) is 4.88. The van der Waals surface area contributed by atoms with E-state index in [1.807, 2.05) is 0 Å². The standard InChI is InChI=1S/C12H13ClN4O7/c13-12(15-16-14)10(19)9(8(5-18)24-11(12)20)23-7-4-2-1-3-6(7)17(21)22/h1-4,8-11,18-20H,5H2/t8-,9+,10+,11-,12+/m1/s1. The number of aliphatic hydroxyl groups excluding tert-OH is 3. The van der Waals surface area contributed by atoms with Crippen LogP contribution in [0.15, 0.2) is 29.4 Å². The fraction of sp³-hybridized carbons (Fsp3) is 0.500. The Hall–Kier alpha value is -2.14. The summed E-state index contributed by atoms with van der Waals surface area (Å²) >= 11 is 5.92. The molecule has 130 valence electrons. The SMILES string of the molecule is [N-]=[N+]=N[C@]1(Cl)[C@H](O)O[C@H](CO)[C@H](Oc2ccccc2[N+](=O)[O-])[C@@H]1O. The van der Waals surface area contributed by atoms with E-state index in [1.54, 1.807) is 0 Å². The zero-order chi connectivity index (χ0) is 17.9. The maximum Gasteiger partial charge on any atom is 0.310 e. The Bertz CT molecular complexity index is 671. The van der Waals surface area contributed by atoms with Crippen LogP contribution in [-0.4, -0.2) is 56.4 Å². The molecule has 5 atom stereocenters. The van der Waals surface area contributed by atoms with Crippen molar-refractivity contribution in [1.29, 1.82) is 0 Å². The van der Waals surface area contributed by atoms with Crippen LogP contribution in [-0.2, 0) is 4.74 Å². The van der Waals surface area contributed by atoms with E-state index in [4.69, 9.17) is 26.6 Å². The molecule has 0 amide bonds. The van der Waals surface area contributed by atoms with E-state index in [1.165, 1.54) is 24.3 Å². The van der Waals surface area contributed by atoms with Crippen molar-refractivity contribution >= 4 is 17.3 Å². The Morgan fingerprint density at radius 1 is 1.50 bits per heavy atom. The van der Waals surface area contributed by atoms with Gasteiger partial charge in [0.1, 0.15) is 12.2 Å². The highest BCUT2D eigenvalue weighted by molar-refractivity contribution is 6.24. The first-order chi connectivity index (χ1) is 11.3. The molecule has 24 heavy (non-hydrogen) atoms. The van der Waals surface area contributed by atoms with Crippen LogP contribution in [0.2, 0.25) is 0 Å². The predicted molar refractivity (Wildman–Crippen MR) is 79.2 cm³/mol. The first kappa shape index (κ1) is 18.2. The summed E-state index contributed by atoms with van der Waals surface area (Å²) in [6.45, 7) is -0.692. The van der Waals surface area contributed by atoms with Crippen molar-refractivity contribution in [1.82, 2.24) is 0 Å². The molecule has 1 heterocycles. The molecule has 11 nitrogen and oxygen atoms in total. The number of aliphatic hydroxyl groups is 3. The van der Waals surface area contributed by atoms with Crippen LogP contribution in [0.5, 0.6) is 5.75 Å². The summed E-state index contributed by atoms with van der Waals surface area (Å²) < 4.78 is 10.4. The van der Waals surface area contributed by atoms with Gasteiger partial charge in [-0.15, -0.1) is 11.6 Å². The molecule has 3 N–H and O–H groups in total. The van der Waals surface area contributed by atoms with E-state index < -0.39 is 46.8 Å². The highest BCUT2D eigenvalue weighted by Crippen LogP contribution is 2.38. The van der Waals surface area contributed by atoms with Gasteiger partial charge in [0, 0.05) is 11.0 Å². The van der Waals surface area contributed by atoms with Crippen LogP contribution in [0.25, 0.3) is 10.4 Å². The van der Waals surface area contributed by atoms with Crippen LogP contribution < -0.4 is 4.74 Å². The maximum absolute atomic E-state index is 11.0. The van der Waals surface area contributed by atoms with Crippen molar-refractivity contribution in [3.63, 3.8) is 0 Å². The zero-order valence-corrected chi connectivity index (χ0v) is 12.7. The van der Waals surface area contributed by atoms with Gasteiger partial charge in [0.25, 0.3) is 0 Å². The molecule has 1 fully saturated rings. The molecule has 12 heteroatoms. The fourth-order valence-electron chi connectivity index (χ4n) is 2.24. The molecule has 1 saturated heterocycles. The Kier molecular flexibility index (Phi) is 5.44. The number of ether oxygens (including phenoxy) is 2. The Labute approximate surface area is 139 Å². The van der Waals surface area contributed by atoms with Crippen LogP contribution in [0.4, 0.5) is 5.69 Å². The summed E-state index contributed by atoms with van der Waals surface area (Å²) in [5, 5.41) is 43.6. The summed E-state index contributed by atoms with van der Waals surface area (Å²) in [6, 6.07) is 5.32. The largest absolute Gasteiger partial charge is 0.478 e. The number of rotatable bonds is 5. The minimum atomic E-state index is -2.32. The molecule has 1 aromatic carbocycles. The molecule has 0 radical (unpaired) electrons. The van der Waals surface area contributed by atoms with Gasteiger partial charge < -0.3 is 24.8 Å². The van der Waals surface area contributed by atoms with Gasteiger partial charge in [0.05, 0.1) is 11.5 Å². The molecular weight excluding hydrogens is 348 g/mol. The quantitative estimate of drug-likeness (QED) is 0.131. The van der Waals surface area contributed by atoms with Crippen LogP contribution in [0.3, 0.4) is 0 Å². The van der Waals surface area contributed by atoms with Crippen molar-refractivity contribution in [2.75, 3.05) is 6.61 Å². The average molecular weight is 361 g/mol. The van der Waals surface area contributed by atoms with Gasteiger partial charge in [-0.1, -0.05) is 17.2 Å². The van der Waals surface area contributed by atoms with E-state index in [-0.39, 0.29) is 5.75 Å². The first-order valence-corrected chi connectivity index (χ1v) is 7.00. The van der Waals surface area contributed by atoms with E-state index >= 15 is 0 Å². The van der Waals surface area contributed by atoms with Crippen molar-refractivity contribution < 1.29 is 29.7 Å². The van der Waals surface area contributed by atoms with Crippen molar-refractivity contribution in [3.05, 3.63) is 44.8 Å². The molecule has 1 aliphatic heterocycles. The Morgan fingerprint density at radius 3 is 2.75 bits per heavy atom. The summed E-state index contributed by atoms with van der Waals surface area (Å²) in [4.78, 5) is 10.4. The smallest absolute Gasteiger partial charge is 0.310 e. The molecular formula is C12H13ClN4O7. The lowest BCUT2D eigenvalue weighted by atomic mass is 9.96. The van der Waals surface area contributed by atoms with Gasteiger partial charge in [-0.2, -0.15) is 0 Å². The third-order valence-corrected chi connectivity index (χ3v) is 3.93. The molecule has 0 unspecified atom stereocenters. The van der Waals surface area contributed by atoms with Gasteiger partial charge in [-0.05, 0) is 11.6 Å². The number of nitro groups is 1. The fourth-order valence-corrected chi connectivity index (χ4v) is 2.45.